The van der Waals surface area contributed by atoms with E-state index in [-0.39, 0.29) is 24.2 Å². The maximum atomic E-state index is 12.2. The minimum atomic E-state index is -1.37. The number of rotatable bonds is 4. The summed E-state index contributed by atoms with van der Waals surface area (Å²) in [4.78, 5) is 36.6. The lowest BCUT2D eigenvalue weighted by atomic mass is 10.1. The molecule has 0 unspecified atom stereocenters. The van der Waals surface area contributed by atoms with Gasteiger partial charge in [0.05, 0.1) is 26.2 Å². The van der Waals surface area contributed by atoms with Crippen LogP contribution in [0.1, 0.15) is 35.0 Å². The Morgan fingerprint density at radius 3 is 2.65 bits per heavy atom. The Hall–Kier alpha value is -2.77. The fourth-order valence-corrected chi connectivity index (χ4v) is 3.02. The van der Waals surface area contributed by atoms with Gasteiger partial charge in [0.15, 0.2) is 11.5 Å². The van der Waals surface area contributed by atoms with E-state index in [2.05, 4.69) is 0 Å². The monoisotopic (exact) mass is 320 g/mol. The minimum Gasteiger partial charge on any atom is -0.548 e. The van der Waals surface area contributed by atoms with Crippen LogP contribution >= 0.6 is 0 Å². The first-order valence-electron chi connectivity index (χ1n) is 6.97. The summed E-state index contributed by atoms with van der Waals surface area (Å²) in [5.41, 5.74) is 0.503. The highest BCUT2D eigenvalue weighted by Gasteiger charge is 2.46. The molecule has 122 valence electrons. The molecular weight excluding hydrogens is 306 g/mol. The Morgan fingerprint density at radius 2 is 2.04 bits per heavy atom. The van der Waals surface area contributed by atoms with Crippen molar-refractivity contribution in [2.45, 2.75) is 25.1 Å². The Kier molecular flexibility index (Phi) is 3.59. The van der Waals surface area contributed by atoms with Gasteiger partial charge in [-0.25, -0.2) is 4.79 Å². The molecule has 8 heteroatoms. The second kappa shape index (κ2) is 5.45. The van der Waals surface area contributed by atoms with Gasteiger partial charge in [0.25, 0.3) is 0 Å². The number of fused-ring (bicyclic) bond motifs is 1. The number of carboxylic acid groups (broad SMARTS) is 1. The largest absolute Gasteiger partial charge is 0.548 e. The molecule has 3 rings (SSSR count). The number of carboxylic acids is 1. The van der Waals surface area contributed by atoms with Crippen LogP contribution in [0.3, 0.4) is 0 Å². The molecule has 1 fully saturated rings. The van der Waals surface area contributed by atoms with E-state index in [9.17, 15) is 19.5 Å². The van der Waals surface area contributed by atoms with Crippen LogP contribution in [0, 0.1) is 0 Å². The van der Waals surface area contributed by atoms with Gasteiger partial charge in [0.2, 0.25) is 12.1 Å². The summed E-state index contributed by atoms with van der Waals surface area (Å²) in [6.45, 7) is 0. The number of benzene rings is 1. The minimum absolute atomic E-state index is 0.0648. The zero-order valence-electron chi connectivity index (χ0n) is 12.5. The van der Waals surface area contributed by atoms with Crippen molar-refractivity contribution in [3.05, 3.63) is 23.3 Å². The fourth-order valence-electron chi connectivity index (χ4n) is 3.02. The normalized spacial score (nSPS) is 22.8. The van der Waals surface area contributed by atoms with Gasteiger partial charge in [-0.15, -0.1) is 0 Å². The summed E-state index contributed by atoms with van der Waals surface area (Å²) in [5.74, 6) is -1.94. The number of cyclic esters (lactones) is 1. The molecule has 0 N–H and O–H groups in total. The number of nitrogens with zero attached hydrogens (tertiary/aromatic N) is 1. The maximum absolute atomic E-state index is 12.2. The van der Waals surface area contributed by atoms with Crippen LogP contribution in [-0.2, 0) is 14.3 Å². The number of carbonyl (C=O) groups is 3. The Balaban J connectivity index is 2.08. The summed E-state index contributed by atoms with van der Waals surface area (Å²) in [7, 11) is 2.81. The third kappa shape index (κ3) is 2.18. The number of ether oxygens (including phenoxy) is 3. The van der Waals surface area contributed by atoms with Crippen LogP contribution in [0.4, 0.5) is 0 Å². The molecule has 0 bridgehead atoms. The van der Waals surface area contributed by atoms with Crippen LogP contribution in [0.25, 0.3) is 0 Å². The number of amides is 1. The molecule has 0 spiro atoms. The molecule has 0 aromatic heterocycles. The lowest BCUT2D eigenvalue weighted by Gasteiger charge is -2.30. The molecule has 1 amide bonds. The number of esters is 1. The summed E-state index contributed by atoms with van der Waals surface area (Å²) in [5, 5.41) is 11.2. The van der Waals surface area contributed by atoms with Crippen LogP contribution < -0.4 is 14.6 Å². The number of hydrogen-bond acceptors (Lipinski definition) is 7. The summed E-state index contributed by atoms with van der Waals surface area (Å²) in [6.07, 6.45) is -0.914. The number of methoxy groups -OCH3 is 2. The van der Waals surface area contributed by atoms with Crippen LogP contribution in [0.5, 0.6) is 11.5 Å². The molecule has 0 saturated carbocycles. The fraction of sp³-hybridized carbons (Fsp3) is 0.400. The zero-order valence-corrected chi connectivity index (χ0v) is 12.5. The molecule has 8 nitrogen and oxygen atoms in total. The quantitative estimate of drug-likeness (QED) is 0.696. The van der Waals surface area contributed by atoms with Gasteiger partial charge in [-0.05, 0) is 18.6 Å². The van der Waals surface area contributed by atoms with Crippen LogP contribution in [0.2, 0.25) is 0 Å². The molecule has 2 aliphatic rings. The van der Waals surface area contributed by atoms with Crippen molar-refractivity contribution in [2.24, 2.45) is 0 Å². The molecular formula is C15H14NO7-. The second-order valence-electron chi connectivity index (χ2n) is 5.20. The predicted octanol–water partition coefficient (Wildman–Crippen LogP) is -0.386. The van der Waals surface area contributed by atoms with Crippen molar-refractivity contribution in [1.82, 2.24) is 4.90 Å². The zero-order chi connectivity index (χ0) is 16.7. The van der Waals surface area contributed by atoms with E-state index in [1.165, 1.54) is 14.2 Å². The predicted molar refractivity (Wildman–Crippen MR) is 72.6 cm³/mol. The lowest BCUT2D eigenvalue weighted by Crippen LogP contribution is -2.47. The highest BCUT2D eigenvalue weighted by atomic mass is 16.6. The van der Waals surface area contributed by atoms with Crippen LogP contribution in [0.15, 0.2) is 12.1 Å². The van der Waals surface area contributed by atoms with Gasteiger partial charge in [0, 0.05) is 12.0 Å². The molecule has 0 radical (unpaired) electrons. The molecule has 2 atom stereocenters. The average Bonchev–Trinajstić information content (AvgIpc) is 3.06. The molecule has 1 aromatic carbocycles. The summed E-state index contributed by atoms with van der Waals surface area (Å²) < 4.78 is 15.6. The van der Waals surface area contributed by atoms with Crippen molar-refractivity contribution in [3.8, 4) is 11.5 Å². The van der Waals surface area contributed by atoms with Gasteiger partial charge in [0.1, 0.15) is 5.56 Å². The maximum Gasteiger partial charge on any atom is 0.344 e. The SMILES string of the molecule is COc1ccc2c(c1OC)C(=O)O[C@H]2N1C(=O)CC[C@@H]1C(=O)[O-]. The van der Waals surface area contributed by atoms with E-state index in [1.807, 2.05) is 0 Å². The van der Waals surface area contributed by atoms with Crippen molar-refractivity contribution < 1.29 is 33.7 Å². The number of carbonyl (C=O) groups excluding carboxylic acids is 3. The van der Waals surface area contributed by atoms with Gasteiger partial charge in [-0.1, -0.05) is 0 Å². The Bertz CT molecular complexity index is 699. The van der Waals surface area contributed by atoms with Crippen molar-refractivity contribution in [3.63, 3.8) is 0 Å². The van der Waals surface area contributed by atoms with Crippen molar-refractivity contribution in [1.29, 1.82) is 0 Å². The molecule has 23 heavy (non-hydrogen) atoms. The second-order valence-corrected chi connectivity index (χ2v) is 5.20. The van der Waals surface area contributed by atoms with E-state index in [4.69, 9.17) is 14.2 Å². The Labute approximate surface area is 131 Å². The van der Waals surface area contributed by atoms with E-state index >= 15 is 0 Å². The van der Waals surface area contributed by atoms with Crippen LogP contribution in [-0.4, -0.2) is 43.0 Å². The molecule has 2 aliphatic heterocycles. The molecule has 2 heterocycles. The van der Waals surface area contributed by atoms with Gasteiger partial charge >= 0.3 is 5.97 Å². The summed E-state index contributed by atoms with van der Waals surface area (Å²) >= 11 is 0. The first kappa shape index (κ1) is 15.1. The third-order valence-electron chi connectivity index (χ3n) is 4.05. The number of hydrogen-bond donors (Lipinski definition) is 0. The van der Waals surface area contributed by atoms with E-state index in [1.54, 1.807) is 12.1 Å². The lowest BCUT2D eigenvalue weighted by molar-refractivity contribution is -0.312. The van der Waals surface area contributed by atoms with Gasteiger partial charge in [-0.3, -0.25) is 9.69 Å². The Morgan fingerprint density at radius 1 is 1.30 bits per heavy atom. The topological polar surface area (TPSA) is 105 Å². The molecule has 1 saturated heterocycles. The summed E-state index contributed by atoms with van der Waals surface area (Å²) in [6, 6.07) is 2.00. The molecule has 1 aromatic rings. The van der Waals surface area contributed by atoms with Crippen molar-refractivity contribution in [2.75, 3.05) is 14.2 Å². The number of aliphatic carboxylic acids is 1. The highest BCUT2D eigenvalue weighted by molar-refractivity contribution is 5.99. The highest BCUT2D eigenvalue weighted by Crippen LogP contribution is 2.44. The van der Waals surface area contributed by atoms with Gasteiger partial charge in [-0.2, -0.15) is 0 Å². The first-order chi connectivity index (χ1) is 11.0. The van der Waals surface area contributed by atoms with Gasteiger partial charge < -0.3 is 24.1 Å². The van der Waals surface area contributed by atoms with E-state index in [0.717, 1.165) is 4.90 Å². The third-order valence-corrected chi connectivity index (χ3v) is 4.05. The smallest absolute Gasteiger partial charge is 0.344 e. The average molecular weight is 320 g/mol. The van der Waals surface area contributed by atoms with E-state index in [0.29, 0.717) is 11.3 Å². The standard InChI is InChI=1S/C15H15NO7/c1-21-9-5-3-7-11(12(9)22-2)15(20)23-13(7)16-8(14(18)19)4-6-10(16)17/h3,5,8,13H,4,6H2,1-2H3,(H,18,19)/p-1/t8-,13-/m1/s1. The first-order valence-corrected chi connectivity index (χ1v) is 6.97. The van der Waals surface area contributed by atoms with E-state index < -0.39 is 30.1 Å². The van der Waals surface area contributed by atoms with Crippen molar-refractivity contribution >= 4 is 17.8 Å². The number of likely N-dealkylation sites (tertiary alicyclic amines) is 1. The molecule has 0 aliphatic carbocycles.